The maximum absolute atomic E-state index is 2.28. The minimum atomic E-state index is 1.21. The number of nitrogens with zero attached hydrogens (tertiary/aromatic N) is 1. The third-order valence-corrected chi connectivity index (χ3v) is 4.99. The van der Waals surface area contributed by atoms with Crippen LogP contribution in [0.4, 0.5) is 11.4 Å². The van der Waals surface area contributed by atoms with E-state index in [9.17, 15) is 0 Å². The van der Waals surface area contributed by atoms with Gasteiger partial charge in [0, 0.05) is 18.4 Å². The van der Waals surface area contributed by atoms with E-state index in [-0.39, 0.29) is 0 Å². The summed E-state index contributed by atoms with van der Waals surface area (Å²) in [5.41, 5.74) is 3.93. The molecule has 0 bridgehead atoms. The minimum Gasteiger partial charge on any atom is -0.345 e. The molecular formula is C26H41N. The quantitative estimate of drug-likeness (QED) is 0.359. The molecule has 0 saturated carbocycles. The van der Waals surface area contributed by atoms with Gasteiger partial charge in [-0.15, -0.1) is 0 Å². The van der Waals surface area contributed by atoms with Gasteiger partial charge in [-0.3, -0.25) is 0 Å². The number of anilines is 2. The molecule has 0 radical (unpaired) electrons. The van der Waals surface area contributed by atoms with Gasteiger partial charge in [0.25, 0.3) is 0 Å². The van der Waals surface area contributed by atoms with Gasteiger partial charge < -0.3 is 4.90 Å². The molecule has 0 fully saturated rings. The Balaban J connectivity index is 0.000000646. The fourth-order valence-corrected chi connectivity index (χ4v) is 3.15. The molecule has 2 rings (SSSR count). The third kappa shape index (κ3) is 10.2. The highest BCUT2D eigenvalue weighted by atomic mass is 15.1. The van der Waals surface area contributed by atoms with Crippen LogP contribution < -0.4 is 4.90 Å². The molecule has 0 saturated heterocycles. The molecule has 2 aromatic rings. The van der Waals surface area contributed by atoms with Crippen molar-refractivity contribution in [3.8, 4) is 0 Å². The van der Waals surface area contributed by atoms with Crippen LogP contribution in [-0.2, 0) is 6.42 Å². The molecule has 27 heavy (non-hydrogen) atoms. The van der Waals surface area contributed by atoms with Crippen LogP contribution in [0.5, 0.6) is 0 Å². The van der Waals surface area contributed by atoms with Gasteiger partial charge in [-0.05, 0) is 42.7 Å². The molecule has 2 aromatic carbocycles. The zero-order valence-corrected chi connectivity index (χ0v) is 18.2. The molecule has 0 unspecified atom stereocenters. The highest BCUT2D eigenvalue weighted by Gasteiger charge is 2.03. The predicted molar refractivity (Wildman–Crippen MR) is 123 cm³/mol. The fourth-order valence-electron chi connectivity index (χ4n) is 3.15. The van der Waals surface area contributed by atoms with Crippen molar-refractivity contribution in [2.75, 3.05) is 11.9 Å². The Labute approximate surface area is 168 Å². The zero-order chi connectivity index (χ0) is 19.7. The Hall–Kier alpha value is -1.76. The Morgan fingerprint density at radius 1 is 0.556 bits per heavy atom. The van der Waals surface area contributed by atoms with Gasteiger partial charge >= 0.3 is 0 Å². The Kier molecular flexibility index (Phi) is 13.2. The van der Waals surface area contributed by atoms with E-state index in [4.69, 9.17) is 0 Å². The summed E-state index contributed by atoms with van der Waals surface area (Å²) in [5, 5.41) is 0. The second-order valence-corrected chi connectivity index (χ2v) is 7.43. The first-order valence-electron chi connectivity index (χ1n) is 11.1. The first-order chi connectivity index (χ1) is 13.2. The summed E-state index contributed by atoms with van der Waals surface area (Å²) in [6.45, 7) is 6.70. The van der Waals surface area contributed by atoms with Crippen molar-refractivity contribution < 1.29 is 0 Å². The normalized spacial score (nSPS) is 10.2. The van der Waals surface area contributed by atoms with Crippen LogP contribution in [0.15, 0.2) is 54.6 Å². The molecule has 0 heterocycles. The molecule has 0 atom stereocenters. The molecule has 0 aliphatic rings. The standard InChI is InChI=1S/C21H29N.C5H12/c1-3-4-5-6-7-9-12-19-15-17-21(18-16-19)22(2)20-13-10-8-11-14-20;1-3-5-4-2/h8,10-11,13-18H,3-7,9,12H2,1-2H3;3-5H2,1-2H3. The van der Waals surface area contributed by atoms with E-state index in [0.29, 0.717) is 0 Å². The van der Waals surface area contributed by atoms with E-state index < -0.39 is 0 Å². The van der Waals surface area contributed by atoms with E-state index >= 15 is 0 Å². The third-order valence-electron chi connectivity index (χ3n) is 4.99. The fraction of sp³-hybridized carbons (Fsp3) is 0.538. The van der Waals surface area contributed by atoms with Crippen LogP contribution in [0, 0.1) is 0 Å². The molecule has 1 nitrogen and oxygen atoms in total. The monoisotopic (exact) mass is 367 g/mol. The van der Waals surface area contributed by atoms with Crippen LogP contribution in [0.1, 0.15) is 84.1 Å². The first kappa shape index (κ1) is 23.3. The van der Waals surface area contributed by atoms with Gasteiger partial charge in [0.05, 0.1) is 0 Å². The van der Waals surface area contributed by atoms with Gasteiger partial charge in [-0.1, -0.05) is 102 Å². The average molecular weight is 368 g/mol. The molecule has 0 aliphatic carbocycles. The Bertz CT molecular complexity index is 557. The van der Waals surface area contributed by atoms with E-state index in [0.717, 1.165) is 0 Å². The number of rotatable bonds is 11. The van der Waals surface area contributed by atoms with Gasteiger partial charge in [0.1, 0.15) is 0 Å². The van der Waals surface area contributed by atoms with Gasteiger partial charge in [0.2, 0.25) is 0 Å². The molecular weight excluding hydrogens is 326 g/mol. The van der Waals surface area contributed by atoms with Crippen molar-refractivity contribution in [2.24, 2.45) is 0 Å². The lowest BCUT2D eigenvalue weighted by molar-refractivity contribution is 0.607. The predicted octanol–water partition coefficient (Wildman–Crippen LogP) is 8.55. The Morgan fingerprint density at radius 2 is 1.07 bits per heavy atom. The lowest BCUT2D eigenvalue weighted by Gasteiger charge is -2.19. The first-order valence-corrected chi connectivity index (χ1v) is 11.1. The lowest BCUT2D eigenvalue weighted by Crippen LogP contribution is -2.08. The molecule has 150 valence electrons. The number of benzene rings is 2. The Morgan fingerprint density at radius 3 is 1.63 bits per heavy atom. The van der Waals surface area contributed by atoms with Gasteiger partial charge in [0.15, 0.2) is 0 Å². The van der Waals surface area contributed by atoms with Crippen molar-refractivity contribution in [3.63, 3.8) is 0 Å². The van der Waals surface area contributed by atoms with Crippen molar-refractivity contribution in [1.82, 2.24) is 0 Å². The second kappa shape index (κ2) is 15.3. The molecule has 0 aliphatic heterocycles. The summed E-state index contributed by atoms with van der Waals surface area (Å²) in [7, 11) is 2.12. The zero-order valence-electron chi connectivity index (χ0n) is 18.2. The van der Waals surface area contributed by atoms with Crippen LogP contribution in [-0.4, -0.2) is 7.05 Å². The average Bonchev–Trinajstić information content (AvgIpc) is 2.72. The van der Waals surface area contributed by atoms with Crippen molar-refractivity contribution in [1.29, 1.82) is 0 Å². The van der Waals surface area contributed by atoms with Crippen molar-refractivity contribution in [3.05, 3.63) is 60.2 Å². The van der Waals surface area contributed by atoms with Gasteiger partial charge in [-0.25, -0.2) is 0 Å². The summed E-state index contributed by atoms with van der Waals surface area (Å²) >= 11 is 0. The van der Waals surface area contributed by atoms with Crippen LogP contribution in [0.25, 0.3) is 0 Å². The van der Waals surface area contributed by atoms with Crippen molar-refractivity contribution >= 4 is 11.4 Å². The summed E-state index contributed by atoms with van der Waals surface area (Å²) in [5.74, 6) is 0. The summed E-state index contributed by atoms with van der Waals surface area (Å²) in [6, 6.07) is 19.5. The smallest absolute Gasteiger partial charge is 0.0408 e. The minimum absolute atomic E-state index is 1.21. The molecule has 0 N–H and O–H groups in total. The van der Waals surface area contributed by atoms with Crippen LogP contribution in [0.3, 0.4) is 0 Å². The number of para-hydroxylation sites is 1. The number of unbranched alkanes of at least 4 members (excludes halogenated alkanes) is 7. The number of hydrogen-bond donors (Lipinski definition) is 0. The number of aryl methyl sites for hydroxylation is 1. The van der Waals surface area contributed by atoms with Crippen molar-refractivity contribution in [2.45, 2.75) is 85.0 Å². The summed E-state index contributed by atoms with van der Waals surface area (Å²) in [4.78, 5) is 2.23. The van der Waals surface area contributed by atoms with E-state index in [1.165, 1.54) is 81.1 Å². The van der Waals surface area contributed by atoms with Gasteiger partial charge in [-0.2, -0.15) is 0 Å². The van der Waals surface area contributed by atoms with E-state index in [2.05, 4.69) is 87.3 Å². The topological polar surface area (TPSA) is 3.24 Å². The highest BCUT2D eigenvalue weighted by molar-refractivity contribution is 5.62. The SMILES string of the molecule is CCCCC.CCCCCCCCc1ccc(N(C)c2ccccc2)cc1. The van der Waals surface area contributed by atoms with E-state index in [1.807, 2.05) is 0 Å². The van der Waals surface area contributed by atoms with E-state index in [1.54, 1.807) is 0 Å². The maximum Gasteiger partial charge on any atom is 0.0408 e. The molecule has 0 spiro atoms. The molecule has 1 heteroatoms. The number of hydrogen-bond acceptors (Lipinski definition) is 1. The summed E-state index contributed by atoms with van der Waals surface area (Å²) in [6.07, 6.45) is 13.5. The molecule has 0 aromatic heterocycles. The second-order valence-electron chi connectivity index (χ2n) is 7.43. The van der Waals surface area contributed by atoms with Crippen LogP contribution >= 0.6 is 0 Å². The lowest BCUT2D eigenvalue weighted by atomic mass is 10.0. The van der Waals surface area contributed by atoms with Crippen LogP contribution in [0.2, 0.25) is 0 Å². The maximum atomic E-state index is 2.28. The largest absolute Gasteiger partial charge is 0.345 e. The summed E-state index contributed by atoms with van der Waals surface area (Å²) < 4.78 is 0. The highest BCUT2D eigenvalue weighted by Crippen LogP contribution is 2.23. The molecule has 0 amide bonds.